The second kappa shape index (κ2) is 7.88. The molecule has 0 aliphatic carbocycles. The van der Waals surface area contributed by atoms with Gasteiger partial charge in [-0.3, -0.25) is 0 Å². The van der Waals surface area contributed by atoms with Gasteiger partial charge in [-0.05, 0) is 43.0 Å². The Hall–Kier alpha value is -1.75. The molecule has 0 aliphatic rings. The normalized spacial score (nSPS) is 12.5. The van der Waals surface area contributed by atoms with Crippen LogP contribution in [0.1, 0.15) is 43.5 Å². The third kappa shape index (κ3) is 4.93. The number of nitrogens with zero attached hydrogens (tertiary/aromatic N) is 2. The topological polar surface area (TPSA) is 64.9 Å². The summed E-state index contributed by atoms with van der Waals surface area (Å²) >= 11 is 0. The van der Waals surface area contributed by atoms with Crippen molar-refractivity contribution in [1.82, 2.24) is 10.1 Å². The van der Waals surface area contributed by atoms with Crippen molar-refractivity contribution >= 4 is 0 Å². The monoisotopic (exact) mass is 291 g/mol. The second-order valence-corrected chi connectivity index (χ2v) is 5.30. The Balaban J connectivity index is 1.87. The lowest BCUT2D eigenvalue weighted by Gasteiger charge is -2.11. The smallest absolute Gasteiger partial charge is 0.226 e. The number of rotatable bonds is 8. The minimum Gasteiger partial charge on any atom is -0.339 e. The Kier molecular flexibility index (Phi) is 5.87. The van der Waals surface area contributed by atoms with Crippen LogP contribution in [0.5, 0.6) is 0 Å². The molecule has 2 rings (SSSR count). The molecule has 5 heteroatoms. The van der Waals surface area contributed by atoms with Crippen molar-refractivity contribution in [2.75, 3.05) is 6.54 Å². The first kappa shape index (κ1) is 15.6. The van der Waals surface area contributed by atoms with E-state index < -0.39 is 0 Å². The van der Waals surface area contributed by atoms with Gasteiger partial charge in [0.05, 0.1) is 0 Å². The van der Waals surface area contributed by atoms with E-state index in [1.807, 2.05) is 0 Å². The predicted molar refractivity (Wildman–Crippen MR) is 79.3 cm³/mol. The lowest BCUT2D eigenvalue weighted by atomic mass is 9.97. The molecule has 2 aromatic rings. The fourth-order valence-electron chi connectivity index (χ4n) is 2.36. The summed E-state index contributed by atoms with van der Waals surface area (Å²) in [5.74, 6) is 1.69. The maximum Gasteiger partial charge on any atom is 0.226 e. The summed E-state index contributed by atoms with van der Waals surface area (Å²) in [4.78, 5) is 4.39. The maximum absolute atomic E-state index is 12.8. The molecule has 0 radical (unpaired) electrons. The van der Waals surface area contributed by atoms with Gasteiger partial charge in [0.1, 0.15) is 5.82 Å². The van der Waals surface area contributed by atoms with Gasteiger partial charge in [0.25, 0.3) is 0 Å². The highest BCUT2D eigenvalue weighted by Gasteiger charge is 2.11. The Morgan fingerprint density at radius 1 is 1.24 bits per heavy atom. The molecule has 0 spiro atoms. The van der Waals surface area contributed by atoms with E-state index in [0.29, 0.717) is 24.1 Å². The van der Waals surface area contributed by atoms with Crippen molar-refractivity contribution in [3.63, 3.8) is 0 Å². The molecule has 4 nitrogen and oxygen atoms in total. The maximum atomic E-state index is 12.8. The van der Waals surface area contributed by atoms with E-state index in [9.17, 15) is 4.39 Å². The van der Waals surface area contributed by atoms with Gasteiger partial charge in [0.15, 0.2) is 5.82 Å². The van der Waals surface area contributed by atoms with E-state index in [1.54, 1.807) is 12.1 Å². The number of nitrogens with two attached hydrogens (primary N) is 1. The molecule has 21 heavy (non-hydrogen) atoms. The van der Waals surface area contributed by atoms with E-state index in [4.69, 9.17) is 10.3 Å². The van der Waals surface area contributed by atoms with Gasteiger partial charge in [0, 0.05) is 12.8 Å². The Morgan fingerprint density at radius 2 is 2.00 bits per heavy atom. The van der Waals surface area contributed by atoms with Crippen LogP contribution in [0.2, 0.25) is 0 Å². The fourth-order valence-corrected chi connectivity index (χ4v) is 2.36. The van der Waals surface area contributed by atoms with Crippen LogP contribution in [0.25, 0.3) is 0 Å². The number of aromatic nitrogens is 2. The van der Waals surface area contributed by atoms with Crippen LogP contribution in [0.15, 0.2) is 28.8 Å². The molecule has 0 fully saturated rings. The number of benzene rings is 1. The highest BCUT2D eigenvalue weighted by Crippen LogP contribution is 2.16. The zero-order chi connectivity index (χ0) is 15.1. The van der Waals surface area contributed by atoms with Crippen LogP contribution in [0.3, 0.4) is 0 Å². The summed E-state index contributed by atoms with van der Waals surface area (Å²) in [5, 5.41) is 3.98. The molecule has 1 heterocycles. The zero-order valence-corrected chi connectivity index (χ0v) is 12.4. The summed E-state index contributed by atoms with van der Waals surface area (Å²) in [6, 6.07) is 6.35. The number of aryl methyl sites for hydroxylation is 1. The van der Waals surface area contributed by atoms with E-state index in [-0.39, 0.29) is 5.82 Å². The minimum atomic E-state index is -0.238. The van der Waals surface area contributed by atoms with Gasteiger partial charge in [0.2, 0.25) is 5.89 Å². The van der Waals surface area contributed by atoms with Crippen molar-refractivity contribution in [3.05, 3.63) is 47.4 Å². The zero-order valence-electron chi connectivity index (χ0n) is 12.4. The highest BCUT2D eigenvalue weighted by atomic mass is 19.1. The summed E-state index contributed by atoms with van der Waals surface area (Å²) in [5.41, 5.74) is 6.57. The number of halogens is 1. The predicted octanol–water partition coefficient (Wildman–Crippen LogP) is 3.11. The van der Waals surface area contributed by atoms with Crippen LogP contribution in [-0.4, -0.2) is 16.7 Å². The highest BCUT2D eigenvalue weighted by molar-refractivity contribution is 5.19. The fraction of sp³-hybridized carbons (Fsp3) is 0.500. The van der Waals surface area contributed by atoms with Gasteiger partial charge in [-0.15, -0.1) is 0 Å². The SMILES string of the molecule is CCC(CCN)CCc1nc(Cc2ccc(F)cc2)no1. The van der Waals surface area contributed by atoms with E-state index in [0.717, 1.165) is 37.8 Å². The van der Waals surface area contributed by atoms with Crippen LogP contribution >= 0.6 is 0 Å². The molecular formula is C16H22FN3O. The van der Waals surface area contributed by atoms with Crippen LogP contribution in [0, 0.1) is 11.7 Å². The molecule has 2 N–H and O–H groups in total. The molecule has 1 unspecified atom stereocenters. The Labute approximate surface area is 124 Å². The average Bonchev–Trinajstić information content (AvgIpc) is 2.93. The van der Waals surface area contributed by atoms with E-state index in [1.165, 1.54) is 12.1 Å². The molecule has 1 atom stereocenters. The molecule has 1 aromatic heterocycles. The van der Waals surface area contributed by atoms with Crippen LogP contribution < -0.4 is 5.73 Å². The summed E-state index contributed by atoms with van der Waals surface area (Å²) in [6.45, 7) is 2.90. The van der Waals surface area contributed by atoms with Crippen LogP contribution in [-0.2, 0) is 12.8 Å². The summed E-state index contributed by atoms with van der Waals surface area (Å²) in [6.07, 6.45) is 4.52. The molecule has 1 aromatic carbocycles. The van der Waals surface area contributed by atoms with E-state index in [2.05, 4.69) is 17.1 Å². The third-order valence-corrected chi connectivity index (χ3v) is 3.70. The van der Waals surface area contributed by atoms with Crippen molar-refractivity contribution < 1.29 is 8.91 Å². The first-order valence-corrected chi connectivity index (χ1v) is 7.47. The molecule has 114 valence electrons. The second-order valence-electron chi connectivity index (χ2n) is 5.30. The van der Waals surface area contributed by atoms with Gasteiger partial charge in [-0.1, -0.05) is 30.6 Å². The standard InChI is InChI=1S/C16H22FN3O/c1-2-12(9-10-18)5-8-16-19-15(20-21-16)11-13-3-6-14(17)7-4-13/h3-4,6-7,12H,2,5,8-11,18H2,1H3. The minimum absolute atomic E-state index is 0.238. The van der Waals surface area contributed by atoms with Gasteiger partial charge < -0.3 is 10.3 Å². The Morgan fingerprint density at radius 3 is 2.67 bits per heavy atom. The van der Waals surface area contributed by atoms with Gasteiger partial charge in [-0.2, -0.15) is 4.98 Å². The third-order valence-electron chi connectivity index (χ3n) is 3.70. The van der Waals surface area contributed by atoms with E-state index >= 15 is 0 Å². The van der Waals surface area contributed by atoms with Crippen molar-refractivity contribution in [2.45, 2.75) is 39.0 Å². The molecule has 0 amide bonds. The molecule has 0 aliphatic heterocycles. The lowest BCUT2D eigenvalue weighted by molar-refractivity contribution is 0.351. The quantitative estimate of drug-likeness (QED) is 0.811. The number of hydrogen-bond donors (Lipinski definition) is 1. The van der Waals surface area contributed by atoms with Crippen molar-refractivity contribution in [3.8, 4) is 0 Å². The Bertz CT molecular complexity index is 539. The molecule has 0 saturated carbocycles. The molecular weight excluding hydrogens is 269 g/mol. The first-order valence-electron chi connectivity index (χ1n) is 7.47. The van der Waals surface area contributed by atoms with Gasteiger partial charge >= 0.3 is 0 Å². The summed E-state index contributed by atoms with van der Waals surface area (Å²) < 4.78 is 18.1. The first-order chi connectivity index (χ1) is 10.2. The van der Waals surface area contributed by atoms with Crippen molar-refractivity contribution in [2.24, 2.45) is 11.7 Å². The number of hydrogen-bond acceptors (Lipinski definition) is 4. The lowest BCUT2D eigenvalue weighted by Crippen LogP contribution is -2.09. The van der Waals surface area contributed by atoms with Crippen molar-refractivity contribution in [1.29, 1.82) is 0 Å². The largest absolute Gasteiger partial charge is 0.339 e. The van der Waals surface area contributed by atoms with Crippen LogP contribution in [0.4, 0.5) is 4.39 Å². The molecule has 0 saturated heterocycles. The summed E-state index contributed by atoms with van der Waals surface area (Å²) in [7, 11) is 0. The average molecular weight is 291 g/mol. The van der Waals surface area contributed by atoms with Gasteiger partial charge in [-0.25, -0.2) is 4.39 Å². The molecule has 0 bridgehead atoms.